The first-order valence-corrected chi connectivity index (χ1v) is 7.51. The lowest BCUT2D eigenvalue weighted by atomic mass is 9.96. The van der Waals surface area contributed by atoms with Crippen molar-refractivity contribution in [2.75, 3.05) is 6.54 Å². The van der Waals surface area contributed by atoms with Gasteiger partial charge in [0.2, 0.25) is 11.8 Å². The molecule has 22 heavy (non-hydrogen) atoms. The molecule has 0 spiro atoms. The molecule has 1 heterocycles. The average Bonchev–Trinajstić information content (AvgIpc) is 2.96. The molecule has 0 aliphatic carbocycles. The summed E-state index contributed by atoms with van der Waals surface area (Å²) in [4.78, 5) is 24.0. The van der Waals surface area contributed by atoms with Crippen LogP contribution in [0.3, 0.4) is 0 Å². The van der Waals surface area contributed by atoms with Crippen molar-refractivity contribution in [1.29, 1.82) is 0 Å². The maximum absolute atomic E-state index is 12.1. The normalized spacial score (nSPS) is 19.0. The molecule has 5 N–H and O–H groups in total. The highest BCUT2D eigenvalue weighted by Crippen LogP contribution is 2.21. The van der Waals surface area contributed by atoms with Gasteiger partial charge in [0.15, 0.2) is 0 Å². The van der Waals surface area contributed by atoms with E-state index in [0.29, 0.717) is 6.42 Å². The van der Waals surface area contributed by atoms with Gasteiger partial charge >= 0.3 is 0 Å². The predicted molar refractivity (Wildman–Crippen MR) is 83.4 cm³/mol. The molecule has 6 nitrogen and oxygen atoms in total. The van der Waals surface area contributed by atoms with Crippen LogP contribution in [0.4, 0.5) is 0 Å². The summed E-state index contributed by atoms with van der Waals surface area (Å²) in [6.45, 7) is 4.52. The SMILES string of the molecule is Cc1cc(O)cc(C)c1C[C@H](N)C(=O)NC(=O)[C@@H]1CCCN1. The number of phenolic OH excluding ortho intramolecular Hbond substituents is 1. The van der Waals surface area contributed by atoms with Gasteiger partial charge in [0.1, 0.15) is 5.75 Å². The van der Waals surface area contributed by atoms with Crippen LogP contribution in [0.1, 0.15) is 29.5 Å². The van der Waals surface area contributed by atoms with Crippen molar-refractivity contribution in [2.24, 2.45) is 5.73 Å². The van der Waals surface area contributed by atoms with Crippen molar-refractivity contribution in [2.45, 2.75) is 45.2 Å². The molecule has 0 unspecified atom stereocenters. The van der Waals surface area contributed by atoms with Crippen molar-refractivity contribution >= 4 is 11.8 Å². The third kappa shape index (κ3) is 3.84. The van der Waals surface area contributed by atoms with Crippen molar-refractivity contribution in [3.8, 4) is 5.75 Å². The van der Waals surface area contributed by atoms with Gasteiger partial charge in [-0.25, -0.2) is 0 Å². The highest BCUT2D eigenvalue weighted by Gasteiger charge is 2.25. The molecule has 0 radical (unpaired) electrons. The third-order valence-electron chi connectivity index (χ3n) is 4.06. The predicted octanol–water partition coefficient (Wildman–Crippen LogP) is 0.274. The Morgan fingerprint density at radius 2 is 2.05 bits per heavy atom. The van der Waals surface area contributed by atoms with Gasteiger partial charge in [-0.1, -0.05) is 0 Å². The lowest BCUT2D eigenvalue weighted by molar-refractivity contribution is -0.132. The van der Waals surface area contributed by atoms with Crippen molar-refractivity contribution in [1.82, 2.24) is 10.6 Å². The van der Waals surface area contributed by atoms with E-state index in [9.17, 15) is 14.7 Å². The molecule has 1 aromatic rings. The monoisotopic (exact) mass is 305 g/mol. The zero-order valence-corrected chi connectivity index (χ0v) is 13.0. The number of aryl methyl sites for hydroxylation is 2. The summed E-state index contributed by atoms with van der Waals surface area (Å²) >= 11 is 0. The first-order chi connectivity index (χ1) is 10.4. The maximum atomic E-state index is 12.1. The number of nitrogens with two attached hydrogens (primary N) is 1. The highest BCUT2D eigenvalue weighted by molar-refractivity contribution is 6.00. The number of benzene rings is 1. The Hall–Kier alpha value is -1.92. The molecule has 0 bridgehead atoms. The quantitative estimate of drug-likeness (QED) is 0.639. The van der Waals surface area contributed by atoms with E-state index in [1.54, 1.807) is 12.1 Å². The van der Waals surface area contributed by atoms with Gasteiger partial charge in [0.25, 0.3) is 0 Å². The summed E-state index contributed by atoms with van der Waals surface area (Å²) in [5.74, 6) is -0.582. The highest BCUT2D eigenvalue weighted by atomic mass is 16.3. The van der Waals surface area contributed by atoms with E-state index >= 15 is 0 Å². The van der Waals surface area contributed by atoms with Gasteiger partial charge in [-0.3, -0.25) is 14.9 Å². The number of phenols is 1. The Kier molecular flexibility index (Phi) is 5.15. The summed E-state index contributed by atoms with van der Waals surface area (Å²) < 4.78 is 0. The second kappa shape index (κ2) is 6.89. The van der Waals surface area contributed by atoms with E-state index in [0.717, 1.165) is 36.1 Å². The van der Waals surface area contributed by atoms with Gasteiger partial charge in [0.05, 0.1) is 12.1 Å². The summed E-state index contributed by atoms with van der Waals surface area (Å²) in [5, 5.41) is 15.0. The number of aromatic hydroxyl groups is 1. The van der Waals surface area contributed by atoms with Crippen molar-refractivity contribution < 1.29 is 14.7 Å². The van der Waals surface area contributed by atoms with E-state index in [-0.39, 0.29) is 17.7 Å². The van der Waals surface area contributed by atoms with E-state index in [1.807, 2.05) is 13.8 Å². The van der Waals surface area contributed by atoms with Crippen molar-refractivity contribution in [3.63, 3.8) is 0 Å². The van der Waals surface area contributed by atoms with Crippen LogP contribution >= 0.6 is 0 Å². The van der Waals surface area contributed by atoms with Gasteiger partial charge in [-0.2, -0.15) is 0 Å². The van der Waals surface area contributed by atoms with Gasteiger partial charge in [-0.15, -0.1) is 0 Å². The molecule has 2 rings (SSSR count). The van der Waals surface area contributed by atoms with Crippen LogP contribution in [0.15, 0.2) is 12.1 Å². The fourth-order valence-electron chi connectivity index (χ4n) is 2.81. The number of hydrogen-bond donors (Lipinski definition) is 4. The van der Waals surface area contributed by atoms with Crippen LogP contribution in [0.25, 0.3) is 0 Å². The van der Waals surface area contributed by atoms with Crippen LogP contribution in [-0.2, 0) is 16.0 Å². The van der Waals surface area contributed by atoms with Crippen LogP contribution in [0.5, 0.6) is 5.75 Å². The Balaban J connectivity index is 1.98. The first-order valence-electron chi connectivity index (χ1n) is 7.51. The lowest BCUT2D eigenvalue weighted by Gasteiger charge is -2.17. The number of rotatable bonds is 4. The Bertz CT molecular complexity index is 557. The maximum Gasteiger partial charge on any atom is 0.243 e. The third-order valence-corrected chi connectivity index (χ3v) is 4.06. The minimum atomic E-state index is -0.799. The molecule has 1 aliphatic rings. The molecule has 1 fully saturated rings. The average molecular weight is 305 g/mol. The second-order valence-corrected chi connectivity index (χ2v) is 5.87. The summed E-state index contributed by atoms with van der Waals surface area (Å²) in [5.41, 5.74) is 8.61. The number of amides is 2. The molecular formula is C16H23N3O3. The fourth-order valence-corrected chi connectivity index (χ4v) is 2.81. The van der Waals surface area contributed by atoms with Crippen LogP contribution in [0.2, 0.25) is 0 Å². The largest absolute Gasteiger partial charge is 0.508 e. The summed E-state index contributed by atoms with van der Waals surface area (Å²) in [6.07, 6.45) is 2.00. The number of hydrogen-bond acceptors (Lipinski definition) is 5. The molecule has 1 aliphatic heterocycles. The van der Waals surface area contributed by atoms with Gasteiger partial charge in [0, 0.05) is 0 Å². The van der Waals surface area contributed by atoms with Crippen LogP contribution in [0, 0.1) is 13.8 Å². The smallest absolute Gasteiger partial charge is 0.243 e. The standard InChI is InChI=1S/C16H23N3O3/c1-9-6-11(20)7-10(2)12(9)8-13(17)15(21)19-16(22)14-4-3-5-18-14/h6-7,13-14,18,20H,3-5,8,17H2,1-2H3,(H,19,21,22)/t13-,14-/m0/s1. The molecule has 1 aromatic carbocycles. The van der Waals surface area contributed by atoms with Gasteiger partial charge in [-0.05, 0) is 68.5 Å². The number of carbonyl (C=O) groups excluding carboxylic acids is 2. The molecule has 6 heteroatoms. The fraction of sp³-hybridized carbons (Fsp3) is 0.500. The van der Waals surface area contributed by atoms with E-state index in [1.165, 1.54) is 0 Å². The zero-order valence-electron chi connectivity index (χ0n) is 13.0. The number of nitrogens with one attached hydrogen (secondary N) is 2. The second-order valence-electron chi connectivity index (χ2n) is 5.87. The molecule has 120 valence electrons. The zero-order chi connectivity index (χ0) is 16.3. The summed E-state index contributed by atoms with van der Waals surface area (Å²) in [7, 11) is 0. The molecule has 1 saturated heterocycles. The first kappa shape index (κ1) is 16.5. The van der Waals surface area contributed by atoms with E-state index in [2.05, 4.69) is 10.6 Å². The topological polar surface area (TPSA) is 104 Å². The molecule has 0 saturated carbocycles. The molecule has 0 aromatic heterocycles. The number of imide groups is 1. The molecule has 2 amide bonds. The molecule has 2 atom stereocenters. The van der Waals surface area contributed by atoms with Crippen LogP contribution < -0.4 is 16.4 Å². The molecular weight excluding hydrogens is 282 g/mol. The Morgan fingerprint density at radius 3 is 2.59 bits per heavy atom. The Morgan fingerprint density at radius 1 is 1.41 bits per heavy atom. The lowest BCUT2D eigenvalue weighted by Crippen LogP contribution is -2.49. The minimum absolute atomic E-state index is 0.194. The minimum Gasteiger partial charge on any atom is -0.508 e. The number of carbonyl (C=O) groups is 2. The van der Waals surface area contributed by atoms with E-state index < -0.39 is 11.9 Å². The van der Waals surface area contributed by atoms with E-state index in [4.69, 9.17) is 5.73 Å². The van der Waals surface area contributed by atoms with Crippen LogP contribution in [-0.4, -0.2) is 35.5 Å². The van der Waals surface area contributed by atoms with Crippen molar-refractivity contribution in [3.05, 3.63) is 28.8 Å². The Labute approximate surface area is 130 Å². The van der Waals surface area contributed by atoms with Gasteiger partial charge < -0.3 is 16.2 Å². The summed E-state index contributed by atoms with van der Waals surface area (Å²) in [6, 6.07) is 2.18.